The monoisotopic (exact) mass is 372 g/mol. The molecule has 0 aromatic carbocycles. The Labute approximate surface area is 142 Å². The van der Waals surface area contributed by atoms with Crippen LogP contribution in [0.5, 0.6) is 0 Å². The Morgan fingerprint density at radius 2 is 2.10 bits per heavy atom. The predicted molar refractivity (Wildman–Crippen MR) is 96.9 cm³/mol. The van der Waals surface area contributed by atoms with Crippen LogP contribution in [0.1, 0.15) is 55.8 Å². The molecule has 1 aliphatic rings. The summed E-state index contributed by atoms with van der Waals surface area (Å²) in [5, 5.41) is 0. The smallest absolute Gasteiger partial charge is 0.0564 e. The summed E-state index contributed by atoms with van der Waals surface area (Å²) in [7, 11) is 0. The van der Waals surface area contributed by atoms with Crippen molar-refractivity contribution in [2.45, 2.75) is 53.0 Å². The van der Waals surface area contributed by atoms with Gasteiger partial charge in [0.1, 0.15) is 0 Å². The largest absolute Gasteiger partial charge is 0.329 e. The molecular formula is C17H29BrN2S. The summed E-state index contributed by atoms with van der Waals surface area (Å²) in [6.07, 6.45) is 3.94. The second-order valence-corrected chi connectivity index (χ2v) is 9.48. The summed E-state index contributed by atoms with van der Waals surface area (Å²) in [4.78, 5) is 5.38. The highest BCUT2D eigenvalue weighted by atomic mass is 79.9. The summed E-state index contributed by atoms with van der Waals surface area (Å²) in [5.41, 5.74) is 6.54. The van der Waals surface area contributed by atoms with Crippen LogP contribution in [0.25, 0.3) is 0 Å². The second-order valence-electron chi connectivity index (χ2n) is 7.33. The van der Waals surface area contributed by atoms with Gasteiger partial charge >= 0.3 is 0 Å². The molecule has 0 spiro atoms. The first kappa shape index (κ1) is 17.5. The van der Waals surface area contributed by atoms with Crippen LogP contribution < -0.4 is 5.73 Å². The Morgan fingerprint density at radius 1 is 1.38 bits per heavy atom. The molecule has 2 nitrogen and oxygen atoms in total. The molecule has 2 rings (SSSR count). The van der Waals surface area contributed by atoms with E-state index in [0.29, 0.717) is 18.0 Å². The van der Waals surface area contributed by atoms with Gasteiger partial charge in [0.15, 0.2) is 0 Å². The molecular weight excluding hydrogens is 344 g/mol. The average molecular weight is 373 g/mol. The lowest BCUT2D eigenvalue weighted by molar-refractivity contribution is 0.186. The number of nitrogens with zero attached hydrogens (tertiary/aromatic N) is 1. The lowest BCUT2D eigenvalue weighted by Gasteiger charge is -2.31. The number of hydrogen-bond acceptors (Lipinski definition) is 3. The third-order valence-corrected chi connectivity index (χ3v) is 7.09. The molecule has 2 N–H and O–H groups in total. The maximum Gasteiger partial charge on any atom is 0.0564 e. The van der Waals surface area contributed by atoms with Gasteiger partial charge in [0, 0.05) is 20.8 Å². The normalized spacial score (nSPS) is 23.0. The summed E-state index contributed by atoms with van der Waals surface area (Å²) in [6.45, 7) is 12.4. The molecule has 1 saturated heterocycles. The van der Waals surface area contributed by atoms with Gasteiger partial charge in [0.25, 0.3) is 0 Å². The molecule has 2 heterocycles. The minimum atomic E-state index is 0.388. The van der Waals surface area contributed by atoms with E-state index in [1.54, 1.807) is 0 Å². The van der Waals surface area contributed by atoms with Gasteiger partial charge in [-0.25, -0.2) is 0 Å². The van der Waals surface area contributed by atoms with E-state index in [0.717, 1.165) is 5.92 Å². The fourth-order valence-electron chi connectivity index (χ4n) is 3.39. The van der Waals surface area contributed by atoms with Gasteiger partial charge in [0.2, 0.25) is 0 Å². The standard InChI is InChI=1S/C17H29BrN2S/c1-12-14(18)10-16(21-12)15(11-19)20-8-5-6-13(7-9-20)17(2,3)4/h10,13,15H,5-9,11,19H2,1-4H3. The molecule has 0 saturated carbocycles. The average Bonchev–Trinajstić information content (AvgIpc) is 2.63. The number of aryl methyl sites for hydroxylation is 1. The van der Waals surface area contributed by atoms with Gasteiger partial charge in [-0.3, -0.25) is 4.90 Å². The number of likely N-dealkylation sites (tertiary alicyclic amines) is 1. The fourth-order valence-corrected chi connectivity index (χ4v) is 5.10. The van der Waals surface area contributed by atoms with Crippen molar-refractivity contribution in [2.24, 2.45) is 17.1 Å². The molecule has 0 amide bonds. The fraction of sp³-hybridized carbons (Fsp3) is 0.765. The molecule has 1 aromatic heterocycles. The van der Waals surface area contributed by atoms with Crippen LogP contribution in [0, 0.1) is 18.3 Å². The highest BCUT2D eigenvalue weighted by molar-refractivity contribution is 9.10. The minimum Gasteiger partial charge on any atom is -0.329 e. The Kier molecular flexibility index (Phi) is 5.91. The molecule has 2 atom stereocenters. The molecule has 0 bridgehead atoms. The Bertz CT molecular complexity index is 444. The first-order valence-electron chi connectivity index (χ1n) is 8.03. The van der Waals surface area contributed by atoms with E-state index >= 15 is 0 Å². The van der Waals surface area contributed by atoms with Crippen LogP contribution >= 0.6 is 27.3 Å². The second kappa shape index (κ2) is 7.12. The number of halogens is 1. The quantitative estimate of drug-likeness (QED) is 0.811. The number of hydrogen-bond donors (Lipinski definition) is 1. The summed E-state index contributed by atoms with van der Waals surface area (Å²) < 4.78 is 1.23. The SMILES string of the molecule is Cc1sc(C(CN)N2CCCC(C(C)(C)C)CC2)cc1Br. The molecule has 21 heavy (non-hydrogen) atoms. The summed E-state index contributed by atoms with van der Waals surface area (Å²) in [6, 6.07) is 2.66. The van der Waals surface area contributed by atoms with Crippen molar-refractivity contribution in [3.8, 4) is 0 Å². The number of thiophene rings is 1. The van der Waals surface area contributed by atoms with Gasteiger partial charge in [0.05, 0.1) is 6.04 Å². The van der Waals surface area contributed by atoms with Crippen molar-refractivity contribution < 1.29 is 0 Å². The summed E-state index contributed by atoms with van der Waals surface area (Å²) in [5.74, 6) is 0.831. The zero-order valence-electron chi connectivity index (χ0n) is 13.8. The van der Waals surface area contributed by atoms with Gasteiger partial charge < -0.3 is 5.73 Å². The third kappa shape index (κ3) is 4.31. The molecule has 0 radical (unpaired) electrons. The number of rotatable bonds is 3. The lowest BCUT2D eigenvalue weighted by atomic mass is 9.77. The van der Waals surface area contributed by atoms with E-state index in [2.05, 4.69) is 54.6 Å². The molecule has 1 aliphatic heterocycles. The van der Waals surface area contributed by atoms with Gasteiger partial charge in [-0.2, -0.15) is 0 Å². The topological polar surface area (TPSA) is 29.3 Å². The zero-order chi connectivity index (χ0) is 15.6. The molecule has 1 fully saturated rings. The van der Waals surface area contributed by atoms with Crippen molar-refractivity contribution in [1.82, 2.24) is 4.90 Å². The van der Waals surface area contributed by atoms with E-state index in [1.165, 1.54) is 46.6 Å². The van der Waals surface area contributed by atoms with Crippen LogP contribution in [0.4, 0.5) is 0 Å². The lowest BCUT2D eigenvalue weighted by Crippen LogP contribution is -2.34. The van der Waals surface area contributed by atoms with Crippen molar-refractivity contribution in [3.63, 3.8) is 0 Å². The van der Waals surface area contributed by atoms with Crippen LogP contribution in [0.15, 0.2) is 10.5 Å². The number of nitrogens with two attached hydrogens (primary N) is 1. The van der Waals surface area contributed by atoms with Crippen LogP contribution in [0.3, 0.4) is 0 Å². The van der Waals surface area contributed by atoms with Gasteiger partial charge in [-0.05, 0) is 72.6 Å². The zero-order valence-corrected chi connectivity index (χ0v) is 16.2. The summed E-state index contributed by atoms with van der Waals surface area (Å²) >= 11 is 5.53. The van der Waals surface area contributed by atoms with Crippen molar-refractivity contribution in [2.75, 3.05) is 19.6 Å². The molecule has 1 aromatic rings. The molecule has 2 unspecified atom stereocenters. The third-order valence-electron chi connectivity index (χ3n) is 4.86. The van der Waals surface area contributed by atoms with E-state index in [4.69, 9.17) is 5.73 Å². The van der Waals surface area contributed by atoms with Gasteiger partial charge in [-0.15, -0.1) is 11.3 Å². The predicted octanol–water partition coefficient (Wildman–Crippen LogP) is 4.97. The van der Waals surface area contributed by atoms with E-state index in [1.807, 2.05) is 11.3 Å². The van der Waals surface area contributed by atoms with E-state index in [9.17, 15) is 0 Å². The minimum absolute atomic E-state index is 0.388. The van der Waals surface area contributed by atoms with E-state index < -0.39 is 0 Å². The van der Waals surface area contributed by atoms with Crippen molar-refractivity contribution in [3.05, 3.63) is 20.3 Å². The van der Waals surface area contributed by atoms with Crippen LogP contribution in [-0.2, 0) is 0 Å². The van der Waals surface area contributed by atoms with Crippen LogP contribution in [-0.4, -0.2) is 24.5 Å². The molecule has 4 heteroatoms. The molecule has 0 aliphatic carbocycles. The van der Waals surface area contributed by atoms with E-state index in [-0.39, 0.29) is 0 Å². The first-order chi connectivity index (χ1) is 9.82. The highest BCUT2D eigenvalue weighted by Crippen LogP contribution is 2.38. The first-order valence-corrected chi connectivity index (χ1v) is 9.64. The van der Waals surface area contributed by atoms with Crippen molar-refractivity contribution in [1.29, 1.82) is 0 Å². The van der Waals surface area contributed by atoms with Gasteiger partial charge in [-0.1, -0.05) is 20.8 Å². The maximum atomic E-state index is 6.12. The molecule has 120 valence electrons. The maximum absolute atomic E-state index is 6.12. The van der Waals surface area contributed by atoms with Crippen LogP contribution in [0.2, 0.25) is 0 Å². The Hall–Kier alpha value is 0.100. The Morgan fingerprint density at radius 3 is 2.62 bits per heavy atom. The van der Waals surface area contributed by atoms with Crippen molar-refractivity contribution >= 4 is 27.3 Å². The highest BCUT2D eigenvalue weighted by Gasteiger charge is 2.30. The Balaban J connectivity index is 2.09.